The lowest BCUT2D eigenvalue weighted by molar-refractivity contribution is -0.136. The number of anilines is 1. The number of aromatic nitrogens is 1. The van der Waals surface area contributed by atoms with E-state index in [0.717, 1.165) is 0 Å². The highest BCUT2D eigenvalue weighted by atomic mass is 79.9. The number of nitrogens with zero attached hydrogens (tertiary/aromatic N) is 1. The molecule has 0 saturated heterocycles. The standard InChI is InChI=1S/C13H12BrN3O3/c1-7(14)6-15-12(18)13(19)17-9-3-4-10-11(5-9)20-8(2)16-10/h3-5H,1,6H2,2H3,(H,15,18)(H,17,19). The van der Waals surface area contributed by atoms with Crippen molar-refractivity contribution < 1.29 is 14.0 Å². The van der Waals surface area contributed by atoms with Crippen molar-refractivity contribution in [3.63, 3.8) is 0 Å². The maximum absolute atomic E-state index is 11.7. The van der Waals surface area contributed by atoms with Crippen LogP contribution in [0.15, 0.2) is 33.7 Å². The van der Waals surface area contributed by atoms with Gasteiger partial charge in [0.1, 0.15) is 5.52 Å². The Labute approximate surface area is 123 Å². The summed E-state index contributed by atoms with van der Waals surface area (Å²) in [6, 6.07) is 4.97. The van der Waals surface area contributed by atoms with Crippen LogP contribution in [0.4, 0.5) is 5.69 Å². The molecule has 1 heterocycles. The van der Waals surface area contributed by atoms with Crippen molar-refractivity contribution in [2.45, 2.75) is 6.92 Å². The van der Waals surface area contributed by atoms with Crippen molar-refractivity contribution in [3.8, 4) is 0 Å². The van der Waals surface area contributed by atoms with Gasteiger partial charge in [-0.15, -0.1) is 0 Å². The molecule has 20 heavy (non-hydrogen) atoms. The van der Waals surface area contributed by atoms with E-state index in [1.807, 2.05) is 0 Å². The topological polar surface area (TPSA) is 84.2 Å². The van der Waals surface area contributed by atoms with Crippen LogP contribution >= 0.6 is 15.9 Å². The van der Waals surface area contributed by atoms with Gasteiger partial charge in [0.25, 0.3) is 0 Å². The van der Waals surface area contributed by atoms with Crippen molar-refractivity contribution in [1.29, 1.82) is 0 Å². The molecule has 1 aromatic carbocycles. The fraction of sp³-hybridized carbons (Fsp3) is 0.154. The molecule has 2 aromatic rings. The highest BCUT2D eigenvalue weighted by Crippen LogP contribution is 2.19. The average Bonchev–Trinajstić information content (AvgIpc) is 2.75. The smallest absolute Gasteiger partial charge is 0.313 e. The first-order valence-electron chi connectivity index (χ1n) is 5.75. The van der Waals surface area contributed by atoms with Gasteiger partial charge in [0.15, 0.2) is 11.5 Å². The summed E-state index contributed by atoms with van der Waals surface area (Å²) in [5.74, 6) is -0.953. The summed E-state index contributed by atoms with van der Waals surface area (Å²) in [5, 5.41) is 4.89. The molecule has 0 bridgehead atoms. The van der Waals surface area contributed by atoms with Crippen molar-refractivity contribution in [3.05, 3.63) is 35.2 Å². The Balaban J connectivity index is 2.05. The predicted molar refractivity (Wildman–Crippen MR) is 78.5 cm³/mol. The van der Waals surface area contributed by atoms with Crippen LogP contribution in [0, 0.1) is 6.92 Å². The molecule has 104 valence electrons. The lowest BCUT2D eigenvalue weighted by Crippen LogP contribution is -2.35. The molecule has 0 aliphatic carbocycles. The molecule has 0 radical (unpaired) electrons. The summed E-state index contributed by atoms with van der Waals surface area (Å²) in [6.07, 6.45) is 0. The molecule has 2 amide bonds. The maximum atomic E-state index is 11.7. The molecule has 0 fully saturated rings. The number of carbonyl (C=O) groups excluding carboxylic acids is 2. The molecule has 2 N–H and O–H groups in total. The highest BCUT2D eigenvalue weighted by molar-refractivity contribution is 9.11. The minimum atomic E-state index is -0.755. The van der Waals surface area contributed by atoms with Crippen LogP contribution < -0.4 is 10.6 Å². The van der Waals surface area contributed by atoms with Gasteiger partial charge in [-0.25, -0.2) is 4.98 Å². The van der Waals surface area contributed by atoms with Gasteiger partial charge in [-0.3, -0.25) is 9.59 Å². The van der Waals surface area contributed by atoms with Crippen LogP contribution in [0.2, 0.25) is 0 Å². The quantitative estimate of drug-likeness (QED) is 0.840. The Morgan fingerprint density at radius 1 is 1.40 bits per heavy atom. The van der Waals surface area contributed by atoms with Gasteiger partial charge < -0.3 is 15.1 Å². The zero-order chi connectivity index (χ0) is 14.7. The summed E-state index contributed by atoms with van der Waals surface area (Å²) in [6.45, 7) is 5.48. The first-order valence-corrected chi connectivity index (χ1v) is 6.54. The number of oxazole rings is 1. The minimum Gasteiger partial charge on any atom is -0.441 e. The molecule has 0 unspecified atom stereocenters. The van der Waals surface area contributed by atoms with Crippen molar-refractivity contribution in [1.82, 2.24) is 10.3 Å². The summed E-state index contributed by atoms with van der Waals surface area (Å²) in [5.41, 5.74) is 1.71. The average molecular weight is 338 g/mol. The van der Waals surface area contributed by atoms with Crippen LogP contribution in [-0.4, -0.2) is 23.3 Å². The van der Waals surface area contributed by atoms with Gasteiger partial charge in [-0.2, -0.15) is 0 Å². The van der Waals surface area contributed by atoms with Crippen molar-refractivity contribution in [2.24, 2.45) is 0 Å². The van der Waals surface area contributed by atoms with E-state index < -0.39 is 11.8 Å². The van der Waals surface area contributed by atoms with E-state index in [9.17, 15) is 9.59 Å². The number of hydrogen-bond donors (Lipinski definition) is 2. The summed E-state index contributed by atoms with van der Waals surface area (Å²) >= 11 is 3.09. The Kier molecular flexibility index (Phi) is 4.19. The SMILES string of the molecule is C=C(Br)CNC(=O)C(=O)Nc1ccc2nc(C)oc2c1. The number of fused-ring (bicyclic) bond motifs is 1. The molecule has 1 aromatic heterocycles. The molecule has 7 heteroatoms. The van der Waals surface area contributed by atoms with Gasteiger partial charge in [0.2, 0.25) is 0 Å². The Morgan fingerprint density at radius 3 is 2.85 bits per heavy atom. The van der Waals surface area contributed by atoms with E-state index in [0.29, 0.717) is 27.2 Å². The third-order valence-corrected chi connectivity index (χ3v) is 2.68. The number of rotatable bonds is 3. The molecule has 2 rings (SSSR count). The normalized spacial score (nSPS) is 10.3. The van der Waals surface area contributed by atoms with Gasteiger partial charge in [0.05, 0.1) is 0 Å². The summed E-state index contributed by atoms with van der Waals surface area (Å²) < 4.78 is 5.93. The first kappa shape index (κ1) is 14.3. The number of benzene rings is 1. The largest absolute Gasteiger partial charge is 0.441 e. The van der Waals surface area contributed by atoms with Crippen LogP contribution in [0.25, 0.3) is 11.1 Å². The number of amides is 2. The number of halogens is 1. The lowest BCUT2D eigenvalue weighted by atomic mass is 10.3. The van der Waals surface area contributed by atoms with E-state index in [1.165, 1.54) is 0 Å². The fourth-order valence-electron chi connectivity index (χ4n) is 1.56. The monoisotopic (exact) mass is 337 g/mol. The Morgan fingerprint density at radius 2 is 2.15 bits per heavy atom. The molecular weight excluding hydrogens is 326 g/mol. The van der Waals surface area contributed by atoms with Gasteiger partial charge in [-0.05, 0) is 12.1 Å². The van der Waals surface area contributed by atoms with E-state index in [1.54, 1.807) is 25.1 Å². The molecule has 0 aliphatic rings. The summed E-state index contributed by atoms with van der Waals surface area (Å²) in [4.78, 5) is 27.3. The van der Waals surface area contributed by atoms with Gasteiger partial charge in [-0.1, -0.05) is 22.5 Å². The minimum absolute atomic E-state index is 0.187. The number of nitrogens with one attached hydrogen (secondary N) is 2. The van der Waals surface area contributed by atoms with Crippen LogP contribution in [0.1, 0.15) is 5.89 Å². The molecule has 6 nitrogen and oxygen atoms in total. The van der Waals surface area contributed by atoms with E-state index in [-0.39, 0.29) is 6.54 Å². The molecule has 0 aliphatic heterocycles. The second-order valence-electron chi connectivity index (χ2n) is 4.07. The van der Waals surface area contributed by atoms with E-state index in [2.05, 4.69) is 38.1 Å². The number of carbonyl (C=O) groups is 2. The van der Waals surface area contributed by atoms with Gasteiger partial charge >= 0.3 is 11.8 Å². The summed E-state index contributed by atoms with van der Waals surface area (Å²) in [7, 11) is 0. The second-order valence-corrected chi connectivity index (χ2v) is 5.19. The molecule has 0 saturated carbocycles. The fourth-order valence-corrected chi connectivity index (χ4v) is 1.70. The lowest BCUT2D eigenvalue weighted by Gasteiger charge is -2.05. The molecule has 0 spiro atoms. The predicted octanol–water partition coefficient (Wildman–Crippen LogP) is 2.10. The Bertz CT molecular complexity index is 693. The van der Waals surface area contributed by atoms with Crippen LogP contribution in [0.3, 0.4) is 0 Å². The van der Waals surface area contributed by atoms with Crippen LogP contribution in [0.5, 0.6) is 0 Å². The van der Waals surface area contributed by atoms with Crippen molar-refractivity contribution in [2.75, 3.05) is 11.9 Å². The maximum Gasteiger partial charge on any atom is 0.313 e. The first-order chi connectivity index (χ1) is 9.45. The second kappa shape index (κ2) is 5.87. The zero-order valence-electron chi connectivity index (χ0n) is 10.7. The van der Waals surface area contributed by atoms with Gasteiger partial charge in [0, 0.05) is 29.7 Å². The zero-order valence-corrected chi connectivity index (χ0v) is 12.3. The molecule has 0 atom stereocenters. The van der Waals surface area contributed by atoms with E-state index >= 15 is 0 Å². The number of hydrogen-bond acceptors (Lipinski definition) is 4. The van der Waals surface area contributed by atoms with Crippen LogP contribution in [-0.2, 0) is 9.59 Å². The highest BCUT2D eigenvalue weighted by Gasteiger charge is 2.14. The third-order valence-electron chi connectivity index (χ3n) is 2.40. The van der Waals surface area contributed by atoms with E-state index in [4.69, 9.17) is 4.42 Å². The Hall–Kier alpha value is -2.15. The number of aryl methyl sites for hydroxylation is 1. The van der Waals surface area contributed by atoms with Crippen molar-refractivity contribution >= 4 is 44.5 Å². The third kappa shape index (κ3) is 3.45. The molecular formula is C13H12BrN3O3.